The zero-order chi connectivity index (χ0) is 25.6. The van der Waals surface area contributed by atoms with Gasteiger partial charge in [0.15, 0.2) is 6.61 Å². The van der Waals surface area contributed by atoms with E-state index in [1.54, 1.807) is 0 Å². The number of rotatable bonds is 8. The summed E-state index contributed by atoms with van der Waals surface area (Å²) in [6.45, 7) is 4.28. The summed E-state index contributed by atoms with van der Waals surface area (Å²) in [5.41, 5.74) is 3.14. The summed E-state index contributed by atoms with van der Waals surface area (Å²) >= 11 is 3.46. The van der Waals surface area contributed by atoms with Gasteiger partial charge in [-0.15, -0.1) is 0 Å². The highest BCUT2D eigenvalue weighted by Crippen LogP contribution is 2.31. The molecule has 0 bridgehead atoms. The number of carbonyl (C=O) groups is 2. The minimum absolute atomic E-state index is 0.00589. The molecular formula is C30H34BrN3O3. The monoisotopic (exact) mass is 563 g/mol. The lowest BCUT2D eigenvalue weighted by Gasteiger charge is -2.40. The Balaban J connectivity index is 1.12. The predicted octanol–water partition coefficient (Wildman–Crippen LogP) is 4.67. The van der Waals surface area contributed by atoms with E-state index in [-0.39, 0.29) is 24.5 Å². The molecule has 6 nitrogen and oxygen atoms in total. The first kappa shape index (κ1) is 25.7. The van der Waals surface area contributed by atoms with Crippen molar-refractivity contribution in [1.82, 2.24) is 15.1 Å². The maximum atomic E-state index is 13.1. The van der Waals surface area contributed by atoms with Crippen molar-refractivity contribution < 1.29 is 14.3 Å². The standard InChI is InChI=1S/C30H34BrN3O3/c31-24-11-9-22(10-12-24)13-16-32-30(36)26-6-2-1-5-25(26)23-14-17-33(18-15-23)19-20-34-27-7-3-4-8-28(27)37-21-29(34)35/h1-6,8-12,23,27H,7,13-21H2,(H,32,36). The van der Waals surface area contributed by atoms with Crippen LogP contribution < -0.4 is 5.32 Å². The van der Waals surface area contributed by atoms with Crippen LogP contribution in [0.15, 0.2) is 77.0 Å². The molecule has 0 saturated carbocycles. The van der Waals surface area contributed by atoms with Crippen LogP contribution in [0.5, 0.6) is 0 Å². The summed E-state index contributed by atoms with van der Waals surface area (Å²) in [7, 11) is 0. The number of ether oxygens (including phenoxy) is 1. The van der Waals surface area contributed by atoms with Gasteiger partial charge in [0.05, 0.1) is 6.04 Å². The van der Waals surface area contributed by atoms with Gasteiger partial charge in [0.1, 0.15) is 5.76 Å². The highest BCUT2D eigenvalue weighted by Gasteiger charge is 2.33. The summed E-state index contributed by atoms with van der Waals surface area (Å²) in [5.74, 6) is 1.36. The van der Waals surface area contributed by atoms with Crippen LogP contribution in [0.3, 0.4) is 0 Å². The van der Waals surface area contributed by atoms with Crippen molar-refractivity contribution in [3.05, 3.63) is 93.7 Å². The summed E-state index contributed by atoms with van der Waals surface area (Å²) in [5, 5.41) is 3.12. The number of amides is 2. The van der Waals surface area contributed by atoms with Gasteiger partial charge >= 0.3 is 0 Å². The van der Waals surface area contributed by atoms with E-state index >= 15 is 0 Å². The van der Waals surface area contributed by atoms with Gasteiger partial charge in [0.25, 0.3) is 11.8 Å². The van der Waals surface area contributed by atoms with Crippen LogP contribution in [-0.4, -0.2) is 67.0 Å². The van der Waals surface area contributed by atoms with E-state index in [1.165, 1.54) is 5.56 Å². The molecule has 1 N–H and O–H groups in total. The molecular weight excluding hydrogens is 530 g/mol. The Hall–Kier alpha value is -2.90. The fourth-order valence-corrected chi connectivity index (χ4v) is 5.81. The minimum atomic E-state index is 0.00589. The number of nitrogens with one attached hydrogen (secondary N) is 1. The van der Waals surface area contributed by atoms with Gasteiger partial charge in [-0.3, -0.25) is 9.59 Å². The maximum absolute atomic E-state index is 13.1. The van der Waals surface area contributed by atoms with E-state index < -0.39 is 0 Å². The largest absolute Gasteiger partial charge is 0.486 e. The lowest BCUT2D eigenvalue weighted by atomic mass is 9.86. The number of allylic oxidation sites excluding steroid dienone is 2. The summed E-state index contributed by atoms with van der Waals surface area (Å²) < 4.78 is 6.69. The molecule has 2 aromatic carbocycles. The Bertz CT molecular complexity index is 1170. The Morgan fingerprint density at radius 1 is 1.05 bits per heavy atom. The van der Waals surface area contributed by atoms with Crippen molar-refractivity contribution >= 4 is 27.7 Å². The first-order valence-corrected chi connectivity index (χ1v) is 14.0. The normalized spacial score (nSPS) is 20.2. The molecule has 0 aromatic heterocycles. The van der Waals surface area contributed by atoms with Gasteiger partial charge < -0.3 is 19.9 Å². The van der Waals surface area contributed by atoms with Crippen molar-refractivity contribution in [3.8, 4) is 0 Å². The third kappa shape index (κ3) is 6.33. The SMILES string of the molecule is O=C(NCCc1ccc(Br)cc1)c1ccccc1C1CCN(CCN2C(=O)COC3=CC=CCC32)CC1. The zero-order valence-electron chi connectivity index (χ0n) is 21.1. The third-order valence-electron chi connectivity index (χ3n) is 7.65. The predicted molar refractivity (Wildman–Crippen MR) is 148 cm³/mol. The fourth-order valence-electron chi connectivity index (χ4n) is 5.55. The van der Waals surface area contributed by atoms with E-state index in [0.29, 0.717) is 12.5 Å². The van der Waals surface area contributed by atoms with Crippen LogP contribution in [0.1, 0.15) is 46.7 Å². The Kier molecular flexibility index (Phi) is 8.41. The number of piperidine rings is 1. The molecule has 194 valence electrons. The van der Waals surface area contributed by atoms with Crippen LogP contribution in [0.25, 0.3) is 0 Å². The molecule has 2 aromatic rings. The van der Waals surface area contributed by atoms with Crippen LogP contribution in [0, 0.1) is 0 Å². The number of morpholine rings is 1. The van der Waals surface area contributed by atoms with Crippen LogP contribution in [-0.2, 0) is 16.0 Å². The number of halogens is 1. The molecule has 2 fully saturated rings. The second-order valence-electron chi connectivity index (χ2n) is 9.96. The van der Waals surface area contributed by atoms with Gasteiger partial charge in [-0.25, -0.2) is 0 Å². The molecule has 0 radical (unpaired) electrons. The molecule has 1 aliphatic carbocycles. The lowest BCUT2D eigenvalue weighted by molar-refractivity contribution is -0.143. The number of hydrogen-bond donors (Lipinski definition) is 1. The Morgan fingerprint density at radius 2 is 1.84 bits per heavy atom. The van der Waals surface area contributed by atoms with Gasteiger partial charge in [0.2, 0.25) is 0 Å². The molecule has 5 rings (SSSR count). The van der Waals surface area contributed by atoms with E-state index in [1.807, 2.05) is 47.4 Å². The zero-order valence-corrected chi connectivity index (χ0v) is 22.7. The highest BCUT2D eigenvalue weighted by molar-refractivity contribution is 9.10. The number of hydrogen-bond acceptors (Lipinski definition) is 4. The first-order chi connectivity index (χ1) is 18.1. The van der Waals surface area contributed by atoms with Crippen molar-refractivity contribution in [1.29, 1.82) is 0 Å². The third-order valence-corrected chi connectivity index (χ3v) is 8.17. The fraction of sp³-hybridized carbons (Fsp3) is 0.400. The molecule has 2 aliphatic heterocycles. The van der Waals surface area contributed by atoms with Gasteiger partial charge in [0, 0.05) is 29.7 Å². The summed E-state index contributed by atoms with van der Waals surface area (Å²) in [4.78, 5) is 30.0. The topological polar surface area (TPSA) is 61.9 Å². The average molecular weight is 565 g/mol. The number of fused-ring (bicyclic) bond motifs is 1. The van der Waals surface area contributed by atoms with Crippen molar-refractivity contribution in [2.45, 2.75) is 37.6 Å². The minimum Gasteiger partial charge on any atom is -0.486 e. The summed E-state index contributed by atoms with van der Waals surface area (Å²) in [6, 6.07) is 16.3. The smallest absolute Gasteiger partial charge is 0.261 e. The van der Waals surface area contributed by atoms with Crippen molar-refractivity contribution in [2.75, 3.05) is 39.3 Å². The van der Waals surface area contributed by atoms with Crippen molar-refractivity contribution in [2.24, 2.45) is 0 Å². The second-order valence-corrected chi connectivity index (χ2v) is 10.9. The Labute approximate surface area is 227 Å². The molecule has 2 heterocycles. The molecule has 2 amide bonds. The van der Waals surface area contributed by atoms with Crippen molar-refractivity contribution in [3.63, 3.8) is 0 Å². The molecule has 7 heteroatoms. The molecule has 3 aliphatic rings. The van der Waals surface area contributed by atoms with Gasteiger partial charge in [-0.1, -0.05) is 58.4 Å². The molecule has 1 unspecified atom stereocenters. The average Bonchev–Trinajstić information content (AvgIpc) is 2.94. The van der Waals surface area contributed by atoms with E-state index in [4.69, 9.17) is 4.74 Å². The first-order valence-electron chi connectivity index (χ1n) is 13.2. The van der Waals surface area contributed by atoms with Gasteiger partial charge in [-0.2, -0.15) is 0 Å². The molecule has 0 spiro atoms. The molecule has 37 heavy (non-hydrogen) atoms. The lowest BCUT2D eigenvalue weighted by Crippen LogP contribution is -2.51. The number of carbonyl (C=O) groups excluding carboxylic acids is 2. The van der Waals surface area contributed by atoms with Crippen LogP contribution in [0.2, 0.25) is 0 Å². The maximum Gasteiger partial charge on any atom is 0.261 e. The number of benzene rings is 2. The number of nitrogens with zero attached hydrogens (tertiary/aromatic N) is 2. The quantitative estimate of drug-likeness (QED) is 0.507. The number of likely N-dealkylation sites (tertiary alicyclic amines) is 1. The van der Waals surface area contributed by atoms with E-state index in [9.17, 15) is 9.59 Å². The van der Waals surface area contributed by atoms with Gasteiger partial charge in [-0.05, 0) is 80.1 Å². The molecule has 1 atom stereocenters. The van der Waals surface area contributed by atoms with E-state index in [0.717, 1.165) is 73.2 Å². The van der Waals surface area contributed by atoms with Crippen LogP contribution in [0.4, 0.5) is 0 Å². The van der Waals surface area contributed by atoms with Crippen LogP contribution >= 0.6 is 15.9 Å². The Morgan fingerprint density at radius 3 is 2.65 bits per heavy atom. The molecule has 2 saturated heterocycles. The summed E-state index contributed by atoms with van der Waals surface area (Å²) in [6.07, 6.45) is 9.73. The van der Waals surface area contributed by atoms with E-state index in [2.05, 4.69) is 50.4 Å². The second kappa shape index (κ2) is 12.1. The highest BCUT2D eigenvalue weighted by atomic mass is 79.9.